The molecule has 0 spiro atoms. The maximum Gasteiger partial charge on any atom is 0.243 e. The van der Waals surface area contributed by atoms with E-state index < -0.39 is 10.0 Å². The highest BCUT2D eigenvalue weighted by atomic mass is 32.2. The highest BCUT2D eigenvalue weighted by Crippen LogP contribution is 2.26. The van der Waals surface area contributed by atoms with Crippen molar-refractivity contribution in [3.63, 3.8) is 0 Å². The normalized spacial score (nSPS) is 18.7. The first kappa shape index (κ1) is 18.9. The van der Waals surface area contributed by atoms with Gasteiger partial charge in [0.25, 0.3) is 0 Å². The van der Waals surface area contributed by atoms with E-state index in [4.69, 9.17) is 6.42 Å². The zero-order chi connectivity index (χ0) is 18.6. The summed E-state index contributed by atoms with van der Waals surface area (Å²) in [5.41, 5.74) is 2.44. The molecular weight excluding hydrogens is 350 g/mol. The molecule has 3 rings (SSSR count). The van der Waals surface area contributed by atoms with Crippen molar-refractivity contribution in [2.45, 2.75) is 30.6 Å². The van der Waals surface area contributed by atoms with Crippen LogP contribution in [0.15, 0.2) is 23.1 Å². The Bertz CT molecular complexity index is 806. The Morgan fingerprint density at radius 3 is 2.50 bits per heavy atom. The average molecular weight is 375 g/mol. The summed E-state index contributed by atoms with van der Waals surface area (Å²) in [5, 5.41) is 2.63. The first-order chi connectivity index (χ1) is 12.5. The fourth-order valence-electron chi connectivity index (χ4n) is 3.56. The van der Waals surface area contributed by atoms with Crippen molar-refractivity contribution in [1.82, 2.24) is 14.5 Å². The molecule has 7 heteroatoms. The van der Waals surface area contributed by atoms with Crippen LogP contribution in [0.3, 0.4) is 0 Å². The molecule has 0 atom stereocenters. The average Bonchev–Trinajstić information content (AvgIpc) is 2.66. The summed E-state index contributed by atoms with van der Waals surface area (Å²) in [4.78, 5) is 14.1. The number of piperazine rings is 1. The molecule has 1 fully saturated rings. The van der Waals surface area contributed by atoms with Gasteiger partial charge in [0.05, 0.1) is 18.0 Å². The molecule has 26 heavy (non-hydrogen) atoms. The van der Waals surface area contributed by atoms with E-state index in [-0.39, 0.29) is 19.0 Å². The Kier molecular flexibility index (Phi) is 5.97. The van der Waals surface area contributed by atoms with Crippen molar-refractivity contribution in [1.29, 1.82) is 0 Å². The Labute approximate surface area is 155 Å². The van der Waals surface area contributed by atoms with Crippen LogP contribution in [-0.2, 0) is 27.7 Å². The van der Waals surface area contributed by atoms with Crippen molar-refractivity contribution in [2.24, 2.45) is 0 Å². The highest BCUT2D eigenvalue weighted by molar-refractivity contribution is 7.89. The van der Waals surface area contributed by atoms with Crippen molar-refractivity contribution < 1.29 is 13.2 Å². The fourth-order valence-corrected chi connectivity index (χ4v) is 5.03. The molecule has 0 saturated carbocycles. The minimum absolute atomic E-state index is 0.131. The van der Waals surface area contributed by atoms with Gasteiger partial charge < -0.3 is 5.32 Å². The number of sulfonamides is 1. The summed E-state index contributed by atoms with van der Waals surface area (Å²) >= 11 is 0. The zero-order valence-electron chi connectivity index (χ0n) is 14.9. The molecule has 0 bridgehead atoms. The molecule has 1 saturated heterocycles. The van der Waals surface area contributed by atoms with Gasteiger partial charge in [-0.3, -0.25) is 9.69 Å². The van der Waals surface area contributed by atoms with Gasteiger partial charge in [0.15, 0.2) is 0 Å². The van der Waals surface area contributed by atoms with E-state index in [2.05, 4.69) is 11.2 Å². The van der Waals surface area contributed by atoms with Crippen LogP contribution in [0.1, 0.15) is 24.0 Å². The minimum Gasteiger partial charge on any atom is -0.344 e. The number of amides is 1. The summed E-state index contributed by atoms with van der Waals surface area (Å²) in [6.07, 6.45) is 9.42. The standard InChI is InChI=1S/C19H25N3O3S/c1-2-9-20-19(23)15-21-10-12-22(13-11-21)26(24,25)18-8-7-16-5-3-4-6-17(16)14-18/h1,7-8,14H,3-6,9-13,15H2,(H,20,23). The molecule has 1 heterocycles. The van der Waals surface area contributed by atoms with Crippen LogP contribution in [0.5, 0.6) is 0 Å². The molecular formula is C19H25N3O3S. The number of fused-ring (bicyclic) bond motifs is 1. The predicted octanol–water partition coefficient (Wildman–Crippen LogP) is 0.621. The smallest absolute Gasteiger partial charge is 0.243 e. The fraction of sp³-hybridized carbons (Fsp3) is 0.526. The maximum absolute atomic E-state index is 12.9. The van der Waals surface area contributed by atoms with Gasteiger partial charge in [-0.2, -0.15) is 4.31 Å². The molecule has 1 aliphatic heterocycles. The van der Waals surface area contributed by atoms with Gasteiger partial charge in [0.2, 0.25) is 15.9 Å². The molecule has 1 N–H and O–H groups in total. The molecule has 0 radical (unpaired) electrons. The van der Waals surface area contributed by atoms with Crippen LogP contribution < -0.4 is 5.32 Å². The number of nitrogens with one attached hydrogen (secondary N) is 1. The van der Waals surface area contributed by atoms with Crippen molar-refractivity contribution >= 4 is 15.9 Å². The number of carbonyl (C=O) groups excluding carboxylic acids is 1. The number of rotatable bonds is 5. The van der Waals surface area contributed by atoms with Gasteiger partial charge in [0.1, 0.15) is 0 Å². The van der Waals surface area contributed by atoms with E-state index >= 15 is 0 Å². The number of nitrogens with zero attached hydrogens (tertiary/aromatic N) is 2. The monoisotopic (exact) mass is 375 g/mol. The van der Waals surface area contributed by atoms with E-state index in [9.17, 15) is 13.2 Å². The lowest BCUT2D eigenvalue weighted by Gasteiger charge is -2.33. The van der Waals surface area contributed by atoms with Gasteiger partial charge in [-0.25, -0.2) is 8.42 Å². The van der Waals surface area contributed by atoms with E-state index in [1.165, 1.54) is 21.9 Å². The summed E-state index contributed by atoms with van der Waals surface area (Å²) in [6.45, 7) is 2.31. The number of carbonyl (C=O) groups is 1. The number of benzene rings is 1. The Morgan fingerprint density at radius 1 is 1.12 bits per heavy atom. The number of aryl methyl sites for hydroxylation is 2. The largest absolute Gasteiger partial charge is 0.344 e. The van der Waals surface area contributed by atoms with E-state index in [0.717, 1.165) is 19.3 Å². The third-order valence-corrected chi connectivity index (χ3v) is 6.94. The third-order valence-electron chi connectivity index (χ3n) is 5.04. The maximum atomic E-state index is 12.9. The molecule has 0 unspecified atom stereocenters. The summed E-state index contributed by atoms with van der Waals surface area (Å²) < 4.78 is 27.4. The van der Waals surface area contributed by atoms with Gasteiger partial charge in [-0.1, -0.05) is 12.0 Å². The van der Waals surface area contributed by atoms with Crippen molar-refractivity contribution in [2.75, 3.05) is 39.3 Å². The Morgan fingerprint density at radius 2 is 1.81 bits per heavy atom. The second-order valence-electron chi connectivity index (χ2n) is 6.80. The van der Waals surface area contributed by atoms with E-state index in [1.54, 1.807) is 6.07 Å². The SMILES string of the molecule is C#CCNC(=O)CN1CCN(S(=O)(=O)c2ccc3c(c2)CCCC3)CC1. The van der Waals surface area contributed by atoms with Crippen molar-refractivity contribution in [3.05, 3.63) is 29.3 Å². The molecule has 1 aliphatic carbocycles. The first-order valence-corrected chi connectivity index (χ1v) is 10.5. The molecule has 0 aromatic heterocycles. The number of hydrogen-bond acceptors (Lipinski definition) is 4. The third kappa shape index (κ3) is 4.26. The van der Waals surface area contributed by atoms with Crippen LogP contribution in [0, 0.1) is 12.3 Å². The molecule has 1 amide bonds. The van der Waals surface area contributed by atoms with Gasteiger partial charge in [-0.15, -0.1) is 6.42 Å². The Hall–Kier alpha value is -1.88. The predicted molar refractivity (Wildman–Crippen MR) is 100 cm³/mol. The second-order valence-corrected chi connectivity index (χ2v) is 8.74. The molecule has 1 aromatic rings. The summed E-state index contributed by atoms with van der Waals surface area (Å²) in [6, 6.07) is 5.55. The number of hydrogen-bond donors (Lipinski definition) is 1. The second kappa shape index (κ2) is 8.21. The zero-order valence-corrected chi connectivity index (χ0v) is 15.7. The lowest BCUT2D eigenvalue weighted by atomic mass is 9.92. The van der Waals surface area contributed by atoms with Gasteiger partial charge in [0, 0.05) is 26.2 Å². The molecule has 140 valence electrons. The van der Waals surface area contributed by atoms with Crippen molar-refractivity contribution in [3.8, 4) is 12.3 Å². The van der Waals surface area contributed by atoms with Crippen LogP contribution in [-0.4, -0.2) is 62.8 Å². The topological polar surface area (TPSA) is 69.7 Å². The minimum atomic E-state index is -3.48. The van der Waals surface area contributed by atoms with Crippen LogP contribution in [0.2, 0.25) is 0 Å². The summed E-state index contributed by atoms with van der Waals surface area (Å²) in [7, 11) is -3.48. The van der Waals surface area contributed by atoms with E-state index in [0.29, 0.717) is 31.1 Å². The highest BCUT2D eigenvalue weighted by Gasteiger charge is 2.29. The van der Waals surface area contributed by atoms with Crippen LogP contribution in [0.4, 0.5) is 0 Å². The van der Waals surface area contributed by atoms with Gasteiger partial charge >= 0.3 is 0 Å². The van der Waals surface area contributed by atoms with Crippen LogP contribution >= 0.6 is 0 Å². The van der Waals surface area contributed by atoms with Crippen LogP contribution in [0.25, 0.3) is 0 Å². The number of terminal acetylenes is 1. The summed E-state index contributed by atoms with van der Waals surface area (Å²) in [5.74, 6) is 2.23. The first-order valence-electron chi connectivity index (χ1n) is 9.05. The van der Waals surface area contributed by atoms with E-state index in [1.807, 2.05) is 17.0 Å². The quantitative estimate of drug-likeness (QED) is 0.766. The molecule has 6 nitrogen and oxygen atoms in total. The molecule has 1 aromatic carbocycles. The van der Waals surface area contributed by atoms with Gasteiger partial charge in [-0.05, 0) is 48.9 Å². The Balaban J connectivity index is 1.61. The molecule has 2 aliphatic rings. The lowest BCUT2D eigenvalue weighted by molar-refractivity contribution is -0.122. The lowest BCUT2D eigenvalue weighted by Crippen LogP contribution is -2.51.